The predicted molar refractivity (Wildman–Crippen MR) is 104 cm³/mol. The van der Waals surface area contributed by atoms with Crippen LogP contribution in [0.4, 0.5) is 13.2 Å². The van der Waals surface area contributed by atoms with Crippen LogP contribution in [0, 0.1) is 6.92 Å². The summed E-state index contributed by atoms with van der Waals surface area (Å²) in [5.41, 5.74) is 3.51. The molecule has 3 aromatic heterocycles. The number of benzene rings is 1. The molecule has 164 valence electrons. The molecule has 0 fully saturated rings. The molecule has 0 spiro atoms. The monoisotopic (exact) mass is 435 g/mol. The third kappa shape index (κ3) is 5.50. The van der Waals surface area contributed by atoms with Gasteiger partial charge in [-0.1, -0.05) is 23.4 Å². The third-order valence-electron chi connectivity index (χ3n) is 4.60. The average molecular weight is 435 g/mol. The van der Waals surface area contributed by atoms with Gasteiger partial charge in [-0.15, -0.1) is 0 Å². The van der Waals surface area contributed by atoms with Gasteiger partial charge in [0.2, 0.25) is 5.89 Å². The van der Waals surface area contributed by atoms with E-state index in [1.54, 1.807) is 6.20 Å². The van der Waals surface area contributed by atoms with E-state index in [0.29, 0.717) is 18.7 Å². The molecule has 0 aliphatic rings. The highest BCUT2D eigenvalue weighted by Crippen LogP contribution is 2.23. The van der Waals surface area contributed by atoms with Crippen molar-refractivity contribution in [3.05, 3.63) is 65.5 Å². The van der Waals surface area contributed by atoms with E-state index >= 15 is 0 Å². The minimum absolute atomic E-state index is 0.658. The highest BCUT2D eigenvalue weighted by Gasteiger charge is 2.38. The van der Waals surface area contributed by atoms with Crippen LogP contribution in [-0.4, -0.2) is 41.9 Å². The number of aromatic amines is 1. The lowest BCUT2D eigenvalue weighted by atomic mass is 10.1. The number of hydrogen-bond donors (Lipinski definition) is 2. The Morgan fingerprint density at radius 2 is 1.97 bits per heavy atom. The number of rotatable bonds is 5. The zero-order valence-electron chi connectivity index (χ0n) is 16.8. The zero-order chi connectivity index (χ0) is 22.6. The van der Waals surface area contributed by atoms with Crippen molar-refractivity contribution in [3.8, 4) is 0 Å². The Morgan fingerprint density at radius 3 is 2.61 bits per heavy atom. The molecule has 0 bridgehead atoms. The number of aliphatic carboxylic acids is 1. The standard InChI is InChI=1S/C18H19N5O.C2HF3O2/c1-12-14(13-5-3-4-6-15(13)20-12)11-16-21-18(24-22-16)8-7-17-19-9-10-23(17)2;3-2(4,5)1(6)7/h3-6,9-10,20H,7-8,11H2,1-2H3;(H,6,7). The van der Waals surface area contributed by atoms with Crippen LogP contribution in [0.25, 0.3) is 10.9 Å². The number of imidazole rings is 1. The molecule has 0 unspecified atom stereocenters. The van der Waals surface area contributed by atoms with Crippen molar-refractivity contribution < 1.29 is 27.6 Å². The number of para-hydroxylation sites is 1. The first-order valence-corrected chi connectivity index (χ1v) is 9.29. The fraction of sp³-hybridized carbons (Fsp3) is 0.300. The van der Waals surface area contributed by atoms with Gasteiger partial charge in [-0.05, 0) is 18.6 Å². The molecule has 2 N–H and O–H groups in total. The van der Waals surface area contributed by atoms with Crippen molar-refractivity contribution >= 4 is 16.9 Å². The van der Waals surface area contributed by atoms with Gasteiger partial charge in [-0.25, -0.2) is 9.78 Å². The molecule has 31 heavy (non-hydrogen) atoms. The predicted octanol–water partition coefficient (Wildman–Crippen LogP) is 3.60. The van der Waals surface area contributed by atoms with Crippen molar-refractivity contribution in [2.24, 2.45) is 7.05 Å². The number of H-pyrrole nitrogens is 1. The van der Waals surface area contributed by atoms with Crippen molar-refractivity contribution in [1.29, 1.82) is 0 Å². The molecule has 0 radical (unpaired) electrons. The highest BCUT2D eigenvalue weighted by molar-refractivity contribution is 5.84. The summed E-state index contributed by atoms with van der Waals surface area (Å²) < 4.78 is 39.1. The van der Waals surface area contributed by atoms with E-state index in [1.807, 2.05) is 29.9 Å². The first-order chi connectivity index (χ1) is 14.6. The topological polar surface area (TPSA) is 110 Å². The van der Waals surface area contributed by atoms with Gasteiger partial charge in [0.1, 0.15) is 5.82 Å². The maximum absolute atomic E-state index is 10.6. The molecule has 0 amide bonds. The molecule has 0 atom stereocenters. The van der Waals surface area contributed by atoms with Gasteiger partial charge in [-0.3, -0.25) is 0 Å². The smallest absolute Gasteiger partial charge is 0.475 e. The average Bonchev–Trinajstić information content (AvgIpc) is 3.40. The van der Waals surface area contributed by atoms with E-state index < -0.39 is 12.1 Å². The SMILES string of the molecule is Cc1[nH]c2ccccc2c1Cc1noc(CCc2nccn2C)n1.O=C(O)C(F)(F)F. The van der Waals surface area contributed by atoms with Gasteiger partial charge >= 0.3 is 12.1 Å². The zero-order valence-corrected chi connectivity index (χ0v) is 16.8. The van der Waals surface area contributed by atoms with E-state index in [9.17, 15) is 13.2 Å². The Hall–Kier alpha value is -3.63. The summed E-state index contributed by atoms with van der Waals surface area (Å²) in [6, 6.07) is 8.29. The Morgan fingerprint density at radius 1 is 1.26 bits per heavy atom. The third-order valence-corrected chi connectivity index (χ3v) is 4.60. The summed E-state index contributed by atoms with van der Waals surface area (Å²) in [5.74, 6) is -0.363. The molecule has 1 aromatic carbocycles. The number of halogens is 3. The number of nitrogens with zero attached hydrogens (tertiary/aromatic N) is 4. The molecule has 3 heterocycles. The first-order valence-electron chi connectivity index (χ1n) is 9.29. The lowest BCUT2D eigenvalue weighted by Gasteiger charge is -1.98. The minimum atomic E-state index is -5.08. The molecule has 0 saturated heterocycles. The van der Waals surface area contributed by atoms with Crippen molar-refractivity contribution in [3.63, 3.8) is 0 Å². The summed E-state index contributed by atoms with van der Waals surface area (Å²) in [7, 11) is 1.99. The van der Waals surface area contributed by atoms with Gasteiger partial charge in [0.25, 0.3) is 0 Å². The van der Waals surface area contributed by atoms with Crippen LogP contribution in [0.15, 0.2) is 41.2 Å². The van der Waals surface area contributed by atoms with Gasteiger partial charge in [0, 0.05) is 55.3 Å². The number of fused-ring (bicyclic) bond motifs is 1. The van der Waals surface area contributed by atoms with E-state index in [-0.39, 0.29) is 0 Å². The number of alkyl halides is 3. The Bertz CT molecular complexity index is 1180. The van der Waals surface area contributed by atoms with Crippen LogP contribution in [0.2, 0.25) is 0 Å². The lowest BCUT2D eigenvalue weighted by molar-refractivity contribution is -0.192. The van der Waals surface area contributed by atoms with Gasteiger partial charge in [0.15, 0.2) is 5.82 Å². The first kappa shape index (κ1) is 22.1. The molecule has 11 heteroatoms. The summed E-state index contributed by atoms with van der Waals surface area (Å²) in [6.45, 7) is 2.08. The van der Waals surface area contributed by atoms with Crippen LogP contribution in [0.3, 0.4) is 0 Å². The van der Waals surface area contributed by atoms with Crippen LogP contribution in [0.1, 0.15) is 28.8 Å². The maximum Gasteiger partial charge on any atom is 0.490 e. The molecule has 0 saturated carbocycles. The second kappa shape index (κ2) is 9.02. The number of carbonyl (C=O) groups is 1. The number of aryl methyl sites for hydroxylation is 4. The maximum atomic E-state index is 10.6. The lowest BCUT2D eigenvalue weighted by Crippen LogP contribution is -2.21. The second-order valence-corrected chi connectivity index (χ2v) is 6.81. The number of carboxylic acid groups (broad SMARTS) is 1. The molecule has 0 aliphatic heterocycles. The largest absolute Gasteiger partial charge is 0.490 e. The fourth-order valence-electron chi connectivity index (χ4n) is 3.04. The Labute approximate surface area is 174 Å². The molecular formula is C20H20F3N5O3. The summed E-state index contributed by atoms with van der Waals surface area (Å²) in [6.07, 6.45) is 0.812. The number of aromatic nitrogens is 5. The van der Waals surface area contributed by atoms with Crippen LogP contribution >= 0.6 is 0 Å². The fourth-order valence-corrected chi connectivity index (χ4v) is 3.04. The summed E-state index contributed by atoms with van der Waals surface area (Å²) in [4.78, 5) is 21.1. The Kier molecular flexibility index (Phi) is 6.42. The number of hydrogen-bond acceptors (Lipinski definition) is 5. The normalized spacial score (nSPS) is 11.4. The number of carboxylic acids is 1. The molecule has 4 rings (SSSR count). The van der Waals surface area contributed by atoms with E-state index in [4.69, 9.17) is 14.4 Å². The van der Waals surface area contributed by atoms with Gasteiger partial charge in [-0.2, -0.15) is 18.2 Å². The van der Waals surface area contributed by atoms with E-state index in [1.165, 1.54) is 10.9 Å². The van der Waals surface area contributed by atoms with Crippen molar-refractivity contribution in [2.45, 2.75) is 32.4 Å². The highest BCUT2D eigenvalue weighted by atomic mass is 19.4. The van der Waals surface area contributed by atoms with Gasteiger partial charge in [0.05, 0.1) is 0 Å². The summed E-state index contributed by atoms with van der Waals surface area (Å²) >= 11 is 0. The Balaban J connectivity index is 0.000000339. The second-order valence-electron chi connectivity index (χ2n) is 6.81. The van der Waals surface area contributed by atoms with Crippen molar-refractivity contribution in [1.82, 2.24) is 24.7 Å². The van der Waals surface area contributed by atoms with E-state index in [0.717, 1.165) is 29.3 Å². The minimum Gasteiger partial charge on any atom is -0.475 e. The van der Waals surface area contributed by atoms with Crippen LogP contribution in [0.5, 0.6) is 0 Å². The van der Waals surface area contributed by atoms with Crippen LogP contribution < -0.4 is 0 Å². The van der Waals surface area contributed by atoms with E-state index in [2.05, 4.69) is 39.2 Å². The summed E-state index contributed by atoms with van der Waals surface area (Å²) in [5, 5.41) is 12.5. The number of nitrogens with one attached hydrogen (secondary N) is 1. The molecular weight excluding hydrogens is 415 g/mol. The molecule has 0 aliphatic carbocycles. The van der Waals surface area contributed by atoms with Crippen molar-refractivity contribution in [2.75, 3.05) is 0 Å². The molecule has 4 aromatic rings. The van der Waals surface area contributed by atoms with Crippen LogP contribution in [-0.2, 0) is 31.1 Å². The molecule has 8 nitrogen and oxygen atoms in total. The quantitative estimate of drug-likeness (QED) is 0.496. The van der Waals surface area contributed by atoms with Gasteiger partial charge < -0.3 is 19.2 Å².